The molecule has 1 aromatic carbocycles. The van der Waals surface area contributed by atoms with Crippen molar-refractivity contribution in [3.05, 3.63) is 35.9 Å². The Labute approximate surface area is 149 Å². The third kappa shape index (κ3) is 6.14. The highest BCUT2D eigenvalue weighted by Gasteiger charge is 2.36. The van der Waals surface area contributed by atoms with Crippen LogP contribution in [0.25, 0.3) is 0 Å². The molecule has 138 valence electrons. The Bertz CT molecular complexity index is 578. The number of rotatable bonds is 6. The molecule has 2 rings (SSSR count). The van der Waals surface area contributed by atoms with Crippen molar-refractivity contribution >= 4 is 11.8 Å². The van der Waals surface area contributed by atoms with E-state index in [1.54, 1.807) is 11.9 Å². The zero-order valence-electron chi connectivity index (χ0n) is 15.1. The molecule has 25 heavy (non-hydrogen) atoms. The van der Waals surface area contributed by atoms with Gasteiger partial charge in [0.25, 0.3) is 0 Å². The molecule has 1 heterocycles. The Morgan fingerprint density at radius 2 is 2.04 bits per heavy atom. The monoisotopic (exact) mass is 348 g/mol. The first-order valence-corrected chi connectivity index (χ1v) is 8.73. The van der Waals surface area contributed by atoms with Gasteiger partial charge in [0.15, 0.2) is 0 Å². The molecule has 1 fully saturated rings. The summed E-state index contributed by atoms with van der Waals surface area (Å²) in [7, 11) is 1.75. The molecule has 1 N–H and O–H groups in total. The van der Waals surface area contributed by atoms with Crippen LogP contribution in [-0.4, -0.2) is 72.2 Å². The molecule has 6 nitrogen and oxygen atoms in total. The second-order valence-corrected chi connectivity index (χ2v) is 6.80. The lowest BCUT2D eigenvalue weighted by Crippen LogP contribution is -2.49. The lowest BCUT2D eigenvalue weighted by Gasteiger charge is -2.31. The molecule has 0 bridgehead atoms. The van der Waals surface area contributed by atoms with Crippen LogP contribution in [0.2, 0.25) is 0 Å². The third-order valence-corrected chi connectivity index (χ3v) is 4.51. The van der Waals surface area contributed by atoms with E-state index < -0.39 is 5.60 Å². The van der Waals surface area contributed by atoms with Crippen molar-refractivity contribution in [3.8, 4) is 0 Å². The molecule has 0 radical (unpaired) electrons. The quantitative estimate of drug-likeness (QED) is 0.835. The van der Waals surface area contributed by atoms with Crippen LogP contribution < -0.4 is 0 Å². The maximum Gasteiger partial charge on any atom is 0.225 e. The van der Waals surface area contributed by atoms with Crippen molar-refractivity contribution < 1.29 is 19.4 Å². The van der Waals surface area contributed by atoms with E-state index >= 15 is 0 Å². The van der Waals surface area contributed by atoms with E-state index in [0.29, 0.717) is 19.7 Å². The number of hydrogen-bond acceptors (Lipinski definition) is 4. The number of aryl methyl sites for hydroxylation is 1. The van der Waals surface area contributed by atoms with Gasteiger partial charge in [-0.25, -0.2) is 0 Å². The van der Waals surface area contributed by atoms with Gasteiger partial charge in [-0.1, -0.05) is 30.3 Å². The molecule has 1 aliphatic rings. The Morgan fingerprint density at radius 1 is 1.32 bits per heavy atom. The highest BCUT2D eigenvalue weighted by molar-refractivity contribution is 5.77. The molecule has 0 aliphatic carbocycles. The van der Waals surface area contributed by atoms with Crippen molar-refractivity contribution in [2.45, 2.75) is 31.8 Å². The minimum absolute atomic E-state index is 0.0430. The summed E-state index contributed by atoms with van der Waals surface area (Å²) in [5, 5.41) is 10.7. The summed E-state index contributed by atoms with van der Waals surface area (Å²) in [6, 6.07) is 10.1. The summed E-state index contributed by atoms with van der Waals surface area (Å²) in [6.07, 6.45) is 1.73. The number of amides is 2. The largest absolute Gasteiger partial charge is 0.385 e. The number of β-amino-alcohol motifs (C(OH)–C–C–N with tert-alkyl or cyclic N) is 1. The predicted molar refractivity (Wildman–Crippen MR) is 95.0 cm³/mol. The van der Waals surface area contributed by atoms with Crippen LogP contribution in [0.5, 0.6) is 0 Å². The van der Waals surface area contributed by atoms with Gasteiger partial charge >= 0.3 is 0 Å². The van der Waals surface area contributed by atoms with Crippen LogP contribution >= 0.6 is 0 Å². The summed E-state index contributed by atoms with van der Waals surface area (Å²) >= 11 is 0. The number of carbonyl (C=O) groups is 2. The van der Waals surface area contributed by atoms with Crippen molar-refractivity contribution in [1.82, 2.24) is 9.80 Å². The van der Waals surface area contributed by atoms with E-state index in [2.05, 4.69) is 12.1 Å². The average molecular weight is 348 g/mol. The number of nitrogens with zero attached hydrogens (tertiary/aromatic N) is 2. The van der Waals surface area contributed by atoms with Crippen molar-refractivity contribution in [2.75, 3.05) is 39.9 Å². The predicted octanol–water partition coefficient (Wildman–Crippen LogP) is 1.08. The van der Waals surface area contributed by atoms with Crippen LogP contribution in [0.3, 0.4) is 0 Å². The molecule has 1 saturated heterocycles. The highest BCUT2D eigenvalue weighted by Crippen LogP contribution is 2.18. The Hall–Kier alpha value is -1.92. The van der Waals surface area contributed by atoms with Crippen molar-refractivity contribution in [1.29, 1.82) is 0 Å². The van der Waals surface area contributed by atoms with Crippen LogP contribution in [-0.2, 0) is 20.7 Å². The summed E-state index contributed by atoms with van der Waals surface area (Å²) in [4.78, 5) is 27.2. The molecule has 6 heteroatoms. The molecule has 1 aromatic rings. The fourth-order valence-electron chi connectivity index (χ4n) is 3.00. The van der Waals surface area contributed by atoms with E-state index in [1.165, 1.54) is 17.4 Å². The second-order valence-electron chi connectivity index (χ2n) is 6.80. The van der Waals surface area contributed by atoms with Gasteiger partial charge < -0.3 is 19.6 Å². The molecule has 1 atom stereocenters. The van der Waals surface area contributed by atoms with Crippen molar-refractivity contribution in [2.24, 2.45) is 0 Å². The number of ether oxygens (including phenoxy) is 1. The molecule has 0 spiro atoms. The fourth-order valence-corrected chi connectivity index (χ4v) is 3.00. The van der Waals surface area contributed by atoms with E-state index in [4.69, 9.17) is 4.74 Å². The van der Waals surface area contributed by atoms with Crippen LogP contribution in [0.4, 0.5) is 0 Å². The zero-order chi connectivity index (χ0) is 18.3. The van der Waals surface area contributed by atoms with Crippen LogP contribution in [0.15, 0.2) is 30.3 Å². The summed E-state index contributed by atoms with van der Waals surface area (Å²) < 4.78 is 5.40. The molecular formula is C19H28N2O4. The molecule has 0 unspecified atom stereocenters. The number of benzene rings is 1. The van der Waals surface area contributed by atoms with Crippen molar-refractivity contribution in [3.63, 3.8) is 0 Å². The topological polar surface area (TPSA) is 70.1 Å². The van der Waals surface area contributed by atoms with Gasteiger partial charge in [0, 0.05) is 27.1 Å². The first kappa shape index (κ1) is 19.4. The van der Waals surface area contributed by atoms with Gasteiger partial charge in [-0.05, 0) is 18.4 Å². The average Bonchev–Trinajstić information content (AvgIpc) is 2.77. The zero-order valence-corrected chi connectivity index (χ0v) is 15.1. The maximum atomic E-state index is 12.5. The lowest BCUT2D eigenvalue weighted by atomic mass is 9.99. The van der Waals surface area contributed by atoms with E-state index in [-0.39, 0.29) is 31.4 Å². The van der Waals surface area contributed by atoms with Gasteiger partial charge in [-0.3, -0.25) is 9.59 Å². The van der Waals surface area contributed by atoms with Crippen LogP contribution in [0, 0.1) is 0 Å². The standard InChI is InChI=1S/C19H28N2O4/c1-16(22)21-11-12-25-15-19(24,14-21)13-18(23)20(2)10-6-9-17-7-4-3-5-8-17/h3-5,7-8,24H,6,9-15H2,1-2H3/t19-/m1/s1. The van der Waals surface area contributed by atoms with Crippen LogP contribution in [0.1, 0.15) is 25.3 Å². The Balaban J connectivity index is 1.83. The smallest absolute Gasteiger partial charge is 0.225 e. The van der Waals surface area contributed by atoms with Gasteiger partial charge in [0.1, 0.15) is 5.60 Å². The fraction of sp³-hybridized carbons (Fsp3) is 0.579. The number of hydrogen-bond donors (Lipinski definition) is 1. The first-order valence-electron chi connectivity index (χ1n) is 8.73. The Morgan fingerprint density at radius 3 is 2.72 bits per heavy atom. The first-order chi connectivity index (χ1) is 11.9. The summed E-state index contributed by atoms with van der Waals surface area (Å²) in [5.41, 5.74) is -0.0799. The minimum Gasteiger partial charge on any atom is -0.385 e. The summed E-state index contributed by atoms with van der Waals surface area (Å²) in [6.45, 7) is 3.11. The molecule has 0 aromatic heterocycles. The molecule has 0 saturated carbocycles. The normalized spacial score (nSPS) is 20.8. The van der Waals surface area contributed by atoms with E-state index in [0.717, 1.165) is 12.8 Å². The van der Waals surface area contributed by atoms with E-state index in [1.807, 2.05) is 18.2 Å². The summed E-state index contributed by atoms with van der Waals surface area (Å²) in [5.74, 6) is -0.253. The lowest BCUT2D eigenvalue weighted by molar-refractivity contribution is -0.141. The SMILES string of the molecule is CC(=O)N1CCOC[C@@](O)(CC(=O)N(C)CCCc2ccccc2)C1. The van der Waals surface area contributed by atoms with E-state index in [9.17, 15) is 14.7 Å². The maximum absolute atomic E-state index is 12.5. The minimum atomic E-state index is -1.33. The van der Waals surface area contributed by atoms with Gasteiger partial charge in [0.05, 0.1) is 26.2 Å². The molecule has 2 amide bonds. The molecular weight excluding hydrogens is 320 g/mol. The Kier molecular flexibility index (Phi) is 6.96. The van der Waals surface area contributed by atoms with Gasteiger partial charge in [0.2, 0.25) is 11.8 Å². The highest BCUT2D eigenvalue weighted by atomic mass is 16.5. The van der Waals surface area contributed by atoms with Gasteiger partial charge in [-0.15, -0.1) is 0 Å². The van der Waals surface area contributed by atoms with Gasteiger partial charge in [-0.2, -0.15) is 0 Å². The molecule has 1 aliphatic heterocycles. The third-order valence-electron chi connectivity index (χ3n) is 4.51. The second kappa shape index (κ2) is 8.97. The number of aliphatic hydroxyl groups is 1. The number of carbonyl (C=O) groups excluding carboxylic acids is 2.